The number of halogens is 3. The Morgan fingerprint density at radius 3 is 2.96 bits per heavy atom. The minimum Gasteiger partial charge on any atom is -0.298 e. The number of pyridine rings is 1. The smallest absolute Gasteiger partial charge is 0.298 e. The van der Waals surface area contributed by atoms with Crippen LogP contribution in [0.5, 0.6) is 0 Å². The summed E-state index contributed by atoms with van der Waals surface area (Å²) < 4.78 is 38.8. The molecule has 1 aliphatic carbocycles. The van der Waals surface area contributed by atoms with Crippen molar-refractivity contribution >= 4 is 22.4 Å². The Morgan fingerprint density at radius 1 is 1.43 bits per heavy atom. The quantitative estimate of drug-likeness (QED) is 0.900. The number of carbonyl (C=O) groups is 1. The molecule has 0 aliphatic heterocycles. The highest BCUT2D eigenvalue weighted by Crippen LogP contribution is 2.34. The molecular formula is C15H14F3N3OS. The molecule has 0 bridgehead atoms. The molecule has 1 amide bonds. The van der Waals surface area contributed by atoms with Gasteiger partial charge < -0.3 is 0 Å². The Balaban J connectivity index is 1.83. The first-order chi connectivity index (χ1) is 10.8. The van der Waals surface area contributed by atoms with E-state index in [0.717, 1.165) is 35.9 Å². The first kappa shape index (κ1) is 15.9. The number of carbonyl (C=O) groups excluding carboxylic acids is 1. The first-order valence-electron chi connectivity index (χ1n) is 7.15. The number of hydrogen-bond donors (Lipinski definition) is 1. The molecule has 0 fully saturated rings. The van der Waals surface area contributed by atoms with Crippen LogP contribution in [0.25, 0.3) is 0 Å². The van der Waals surface area contributed by atoms with E-state index in [4.69, 9.17) is 0 Å². The third kappa shape index (κ3) is 3.36. The van der Waals surface area contributed by atoms with Crippen LogP contribution in [0.15, 0.2) is 18.5 Å². The molecule has 2 aromatic rings. The lowest BCUT2D eigenvalue weighted by atomic mass is 9.93. The molecule has 0 saturated heterocycles. The first-order valence-corrected chi connectivity index (χ1v) is 7.97. The SMILES string of the molecule is CC1CCc2nc(NC(=O)c3ccncc3C(F)(F)F)sc2C1. The maximum absolute atomic E-state index is 12.9. The van der Waals surface area contributed by atoms with Gasteiger partial charge in [0.25, 0.3) is 5.91 Å². The Hall–Kier alpha value is -1.96. The van der Waals surface area contributed by atoms with E-state index in [0.29, 0.717) is 17.2 Å². The van der Waals surface area contributed by atoms with Gasteiger partial charge in [0.15, 0.2) is 5.13 Å². The molecule has 0 aromatic carbocycles. The highest BCUT2D eigenvalue weighted by molar-refractivity contribution is 7.15. The number of anilines is 1. The summed E-state index contributed by atoms with van der Waals surface area (Å²) in [5, 5.41) is 2.83. The summed E-state index contributed by atoms with van der Waals surface area (Å²) >= 11 is 1.34. The summed E-state index contributed by atoms with van der Waals surface area (Å²) in [6.07, 6.45) is -0.0365. The Bertz CT molecular complexity index is 742. The Kier molecular flexibility index (Phi) is 4.09. The lowest BCUT2D eigenvalue weighted by Gasteiger charge is -2.15. The fourth-order valence-corrected chi connectivity index (χ4v) is 3.74. The number of hydrogen-bond acceptors (Lipinski definition) is 4. The van der Waals surface area contributed by atoms with Crippen molar-refractivity contribution in [1.29, 1.82) is 0 Å². The number of thiazole rings is 1. The van der Waals surface area contributed by atoms with Gasteiger partial charge in [-0.2, -0.15) is 13.2 Å². The number of fused-ring (bicyclic) bond motifs is 1. The minimum atomic E-state index is -4.63. The zero-order valence-corrected chi connectivity index (χ0v) is 13.1. The molecule has 8 heteroatoms. The molecule has 0 spiro atoms. The van der Waals surface area contributed by atoms with Gasteiger partial charge in [0.1, 0.15) is 0 Å². The van der Waals surface area contributed by atoms with Gasteiger partial charge in [-0.15, -0.1) is 11.3 Å². The van der Waals surface area contributed by atoms with Gasteiger partial charge in [-0.25, -0.2) is 4.98 Å². The van der Waals surface area contributed by atoms with Gasteiger partial charge in [-0.1, -0.05) is 6.92 Å². The van der Waals surface area contributed by atoms with Crippen molar-refractivity contribution < 1.29 is 18.0 Å². The van der Waals surface area contributed by atoms with Crippen LogP contribution in [0, 0.1) is 5.92 Å². The minimum absolute atomic E-state index is 0.346. The second-order valence-electron chi connectivity index (χ2n) is 5.61. The molecule has 2 aromatic heterocycles. The van der Waals surface area contributed by atoms with Crippen molar-refractivity contribution in [2.75, 3.05) is 5.32 Å². The van der Waals surface area contributed by atoms with Crippen molar-refractivity contribution in [3.05, 3.63) is 40.2 Å². The topological polar surface area (TPSA) is 54.9 Å². The Labute approximate surface area is 134 Å². The number of alkyl halides is 3. The highest BCUT2D eigenvalue weighted by atomic mass is 32.1. The normalized spacial score (nSPS) is 17.7. The number of rotatable bonds is 2. The van der Waals surface area contributed by atoms with E-state index in [9.17, 15) is 18.0 Å². The number of nitrogens with one attached hydrogen (secondary N) is 1. The molecule has 3 rings (SSSR count). The Morgan fingerprint density at radius 2 is 2.22 bits per heavy atom. The fourth-order valence-electron chi connectivity index (χ4n) is 2.58. The van der Waals surface area contributed by atoms with Crippen molar-refractivity contribution in [3.63, 3.8) is 0 Å². The van der Waals surface area contributed by atoms with Crippen molar-refractivity contribution in [2.24, 2.45) is 5.92 Å². The summed E-state index contributed by atoms with van der Waals surface area (Å²) in [6.45, 7) is 2.15. The van der Waals surface area contributed by atoms with Crippen LogP contribution in [0.1, 0.15) is 39.8 Å². The molecule has 1 unspecified atom stereocenters. The number of aromatic nitrogens is 2. The predicted octanol–water partition coefficient (Wildman–Crippen LogP) is 3.93. The van der Waals surface area contributed by atoms with Gasteiger partial charge >= 0.3 is 6.18 Å². The van der Waals surface area contributed by atoms with Crippen LogP contribution < -0.4 is 5.32 Å². The van der Waals surface area contributed by atoms with Gasteiger partial charge in [-0.05, 0) is 31.2 Å². The molecule has 0 saturated carbocycles. The molecule has 4 nitrogen and oxygen atoms in total. The van der Waals surface area contributed by atoms with Crippen molar-refractivity contribution in [2.45, 2.75) is 32.4 Å². The predicted molar refractivity (Wildman–Crippen MR) is 80.5 cm³/mol. The molecule has 0 radical (unpaired) electrons. The summed E-state index contributed by atoms with van der Waals surface area (Å²) in [7, 11) is 0. The standard InChI is InChI=1S/C15H14F3N3OS/c1-8-2-3-11-12(6-8)23-14(20-11)21-13(22)9-4-5-19-7-10(9)15(16,17)18/h4-5,7-8H,2-3,6H2,1H3,(H,20,21,22). The number of aryl methyl sites for hydroxylation is 1. The maximum Gasteiger partial charge on any atom is 0.418 e. The van der Waals surface area contributed by atoms with Crippen LogP contribution in [-0.4, -0.2) is 15.9 Å². The van der Waals surface area contributed by atoms with E-state index in [2.05, 4.69) is 22.2 Å². The fraction of sp³-hybridized carbons (Fsp3) is 0.400. The maximum atomic E-state index is 12.9. The van der Waals surface area contributed by atoms with E-state index in [1.807, 2.05) is 0 Å². The molecule has 23 heavy (non-hydrogen) atoms. The summed E-state index contributed by atoms with van der Waals surface area (Å²) in [5.74, 6) is -0.262. The monoisotopic (exact) mass is 341 g/mol. The zero-order chi connectivity index (χ0) is 16.6. The average molecular weight is 341 g/mol. The highest BCUT2D eigenvalue weighted by Gasteiger charge is 2.35. The lowest BCUT2D eigenvalue weighted by molar-refractivity contribution is -0.138. The van der Waals surface area contributed by atoms with Gasteiger partial charge in [0.05, 0.1) is 16.8 Å². The van der Waals surface area contributed by atoms with E-state index < -0.39 is 23.2 Å². The number of amides is 1. The van der Waals surface area contributed by atoms with Crippen molar-refractivity contribution in [1.82, 2.24) is 9.97 Å². The molecule has 122 valence electrons. The van der Waals surface area contributed by atoms with E-state index in [1.54, 1.807) is 0 Å². The van der Waals surface area contributed by atoms with E-state index >= 15 is 0 Å². The van der Waals surface area contributed by atoms with Gasteiger partial charge in [-0.3, -0.25) is 15.1 Å². The van der Waals surface area contributed by atoms with E-state index in [1.165, 1.54) is 17.5 Å². The van der Waals surface area contributed by atoms with Crippen LogP contribution in [0.4, 0.5) is 18.3 Å². The molecule has 2 heterocycles. The molecule has 1 aliphatic rings. The average Bonchev–Trinajstić information content (AvgIpc) is 2.87. The third-order valence-corrected chi connectivity index (χ3v) is 4.81. The lowest BCUT2D eigenvalue weighted by Crippen LogP contribution is -2.19. The van der Waals surface area contributed by atoms with Crippen LogP contribution in [-0.2, 0) is 19.0 Å². The summed E-state index contributed by atoms with van der Waals surface area (Å²) in [5.41, 5.74) is -0.560. The zero-order valence-electron chi connectivity index (χ0n) is 12.3. The van der Waals surface area contributed by atoms with E-state index in [-0.39, 0.29) is 0 Å². The van der Waals surface area contributed by atoms with Crippen LogP contribution >= 0.6 is 11.3 Å². The summed E-state index contributed by atoms with van der Waals surface area (Å²) in [6, 6.07) is 1.06. The van der Waals surface area contributed by atoms with Crippen LogP contribution in [0.3, 0.4) is 0 Å². The second kappa shape index (κ2) is 5.92. The van der Waals surface area contributed by atoms with Crippen LogP contribution in [0.2, 0.25) is 0 Å². The second-order valence-corrected chi connectivity index (χ2v) is 6.69. The van der Waals surface area contributed by atoms with Crippen molar-refractivity contribution in [3.8, 4) is 0 Å². The third-order valence-electron chi connectivity index (χ3n) is 3.78. The molecule has 1 atom stereocenters. The number of nitrogens with zero attached hydrogens (tertiary/aromatic N) is 2. The summed E-state index contributed by atoms with van der Waals surface area (Å²) in [4.78, 5) is 21.1. The van der Waals surface area contributed by atoms with Gasteiger partial charge in [0.2, 0.25) is 0 Å². The molecule has 1 N–H and O–H groups in total. The van der Waals surface area contributed by atoms with Gasteiger partial charge in [0, 0.05) is 17.3 Å². The molecular weight excluding hydrogens is 327 g/mol. The largest absolute Gasteiger partial charge is 0.418 e.